The molecule has 0 saturated carbocycles. The van der Waals surface area contributed by atoms with Crippen molar-refractivity contribution in [3.8, 4) is 22.3 Å². The molecule has 34 heavy (non-hydrogen) atoms. The summed E-state index contributed by atoms with van der Waals surface area (Å²) < 4.78 is 60.4. The molecule has 0 heterocycles. The third-order valence-electron chi connectivity index (χ3n) is 6.55. The maximum Gasteiger partial charge on any atom is 0.0629 e. The molecule has 0 radical (unpaired) electrons. The second kappa shape index (κ2) is 7.57. The Morgan fingerprint density at radius 1 is 0.353 bits per heavy atom. The molecular formula is C34H22. The SMILES string of the molecule is [2H]c1c([2H])c([2H])c2c(-c3c4ccccc4c(-c4cccc5ccccc45)c4ccccc34)c([2H])c([2H])c([2H])c2c1[2H]. The normalized spacial score (nSPS) is 14.4. The van der Waals surface area contributed by atoms with Gasteiger partial charge in [-0.2, -0.15) is 0 Å². The Morgan fingerprint density at radius 3 is 1.59 bits per heavy atom. The fourth-order valence-corrected chi connectivity index (χ4v) is 5.13. The minimum absolute atomic E-state index is 0.0432. The van der Waals surface area contributed by atoms with Gasteiger partial charge in [-0.1, -0.05) is 133 Å². The minimum Gasteiger partial charge on any atom is -0.0616 e. The van der Waals surface area contributed by atoms with Crippen molar-refractivity contribution in [2.75, 3.05) is 0 Å². The van der Waals surface area contributed by atoms with E-state index >= 15 is 0 Å². The Kier molecular flexibility index (Phi) is 2.97. The highest BCUT2D eigenvalue weighted by Gasteiger charge is 2.18. The van der Waals surface area contributed by atoms with Gasteiger partial charge in [0.15, 0.2) is 0 Å². The van der Waals surface area contributed by atoms with Crippen LogP contribution in [0.1, 0.15) is 9.60 Å². The molecule has 7 rings (SSSR count). The zero-order chi connectivity index (χ0) is 28.6. The van der Waals surface area contributed by atoms with Gasteiger partial charge in [-0.15, -0.1) is 0 Å². The summed E-state index contributed by atoms with van der Waals surface area (Å²) in [6.07, 6.45) is 0. The predicted octanol–water partition coefficient (Wildman–Crippen LogP) is 9.63. The van der Waals surface area contributed by atoms with Crippen LogP contribution in [0.4, 0.5) is 0 Å². The topological polar surface area (TPSA) is 0 Å². The quantitative estimate of drug-likeness (QED) is 0.236. The van der Waals surface area contributed by atoms with Crippen molar-refractivity contribution in [2.45, 2.75) is 0 Å². The number of hydrogen-bond donors (Lipinski definition) is 0. The number of fused-ring (bicyclic) bond motifs is 4. The molecule has 0 atom stereocenters. The summed E-state index contributed by atoms with van der Waals surface area (Å²) in [5.41, 5.74) is 2.94. The number of rotatable bonds is 2. The summed E-state index contributed by atoms with van der Waals surface area (Å²) in [5, 5.41) is 5.71. The van der Waals surface area contributed by atoms with Gasteiger partial charge in [0.05, 0.1) is 9.60 Å². The summed E-state index contributed by atoms with van der Waals surface area (Å²) in [7, 11) is 0. The standard InChI is InChI=1S/C34H22/c1-3-15-25-23(11-1)13-9-21-27(25)33-29-17-5-7-19-31(29)34(32-20-8-6-18-30(32)33)28-22-10-14-24-12-2-4-16-26(24)28/h1-22H/i1D,3D,9D,11D,13D,15D,21D. The van der Waals surface area contributed by atoms with E-state index in [9.17, 15) is 0 Å². The van der Waals surface area contributed by atoms with Gasteiger partial charge < -0.3 is 0 Å². The van der Waals surface area contributed by atoms with Crippen molar-refractivity contribution in [2.24, 2.45) is 0 Å². The lowest BCUT2D eigenvalue weighted by atomic mass is 9.84. The van der Waals surface area contributed by atoms with Gasteiger partial charge in [-0.05, 0) is 65.3 Å². The van der Waals surface area contributed by atoms with E-state index in [1.807, 2.05) is 66.7 Å². The van der Waals surface area contributed by atoms with E-state index in [4.69, 9.17) is 9.60 Å². The summed E-state index contributed by atoms with van der Waals surface area (Å²) >= 11 is 0. The predicted molar refractivity (Wildman–Crippen MR) is 147 cm³/mol. The van der Waals surface area contributed by atoms with Crippen LogP contribution in [0.5, 0.6) is 0 Å². The van der Waals surface area contributed by atoms with Crippen molar-refractivity contribution in [3.05, 3.63) is 133 Å². The molecule has 158 valence electrons. The van der Waals surface area contributed by atoms with Crippen molar-refractivity contribution in [1.29, 1.82) is 0 Å². The molecule has 0 nitrogen and oxygen atoms in total. The highest BCUT2D eigenvalue weighted by Crippen LogP contribution is 2.46. The number of hydrogen-bond acceptors (Lipinski definition) is 0. The van der Waals surface area contributed by atoms with Crippen LogP contribution in [-0.2, 0) is 0 Å². The fraction of sp³-hybridized carbons (Fsp3) is 0. The Morgan fingerprint density at radius 2 is 0.882 bits per heavy atom. The average Bonchev–Trinajstić information content (AvgIpc) is 3.00. The highest BCUT2D eigenvalue weighted by atomic mass is 14.2. The first-order chi connectivity index (χ1) is 19.8. The molecule has 0 spiro atoms. The van der Waals surface area contributed by atoms with E-state index in [2.05, 4.69) is 24.3 Å². The van der Waals surface area contributed by atoms with Crippen molar-refractivity contribution < 1.29 is 9.60 Å². The van der Waals surface area contributed by atoms with Crippen molar-refractivity contribution >= 4 is 43.1 Å². The Labute approximate surface area is 208 Å². The third-order valence-corrected chi connectivity index (χ3v) is 6.55. The van der Waals surface area contributed by atoms with Gasteiger partial charge in [-0.3, -0.25) is 0 Å². The monoisotopic (exact) mass is 437 g/mol. The molecular weight excluding hydrogens is 408 g/mol. The first-order valence-corrected chi connectivity index (χ1v) is 11.2. The Bertz CT molecular complexity index is 2160. The zero-order valence-corrected chi connectivity index (χ0v) is 18.2. The van der Waals surface area contributed by atoms with Gasteiger partial charge in [0.25, 0.3) is 0 Å². The molecule has 0 heteroatoms. The first kappa shape index (κ1) is 13.3. The second-order valence-corrected chi connectivity index (χ2v) is 8.37. The van der Waals surface area contributed by atoms with E-state index in [1.165, 1.54) is 0 Å². The molecule has 0 amide bonds. The van der Waals surface area contributed by atoms with Crippen LogP contribution in [0, 0.1) is 0 Å². The largest absolute Gasteiger partial charge is 0.0629 e. The van der Waals surface area contributed by atoms with Gasteiger partial charge in [0, 0.05) is 0 Å². The first-order valence-electron chi connectivity index (χ1n) is 14.7. The van der Waals surface area contributed by atoms with Crippen LogP contribution in [0.2, 0.25) is 0 Å². The lowest BCUT2D eigenvalue weighted by molar-refractivity contribution is 1.68. The lowest BCUT2D eigenvalue weighted by Crippen LogP contribution is -1.92. The molecule has 7 aromatic carbocycles. The maximum atomic E-state index is 9.06. The molecule has 0 aliphatic heterocycles. The van der Waals surface area contributed by atoms with Crippen LogP contribution in [-0.4, -0.2) is 0 Å². The Hall–Kier alpha value is -4.42. The summed E-state index contributed by atoms with van der Waals surface area (Å²) in [6, 6.07) is 27.6. The smallest absolute Gasteiger partial charge is 0.0616 e. The third kappa shape index (κ3) is 2.79. The van der Waals surface area contributed by atoms with Gasteiger partial charge in [-0.25, -0.2) is 0 Å². The van der Waals surface area contributed by atoms with Gasteiger partial charge >= 0.3 is 0 Å². The van der Waals surface area contributed by atoms with Crippen LogP contribution >= 0.6 is 0 Å². The molecule has 0 aromatic heterocycles. The van der Waals surface area contributed by atoms with Crippen LogP contribution < -0.4 is 0 Å². The molecule has 0 unspecified atom stereocenters. The minimum atomic E-state index is -0.458. The zero-order valence-electron chi connectivity index (χ0n) is 25.2. The average molecular weight is 438 g/mol. The van der Waals surface area contributed by atoms with Gasteiger partial charge in [0.1, 0.15) is 0 Å². The summed E-state index contributed by atoms with van der Waals surface area (Å²) in [4.78, 5) is 0. The van der Waals surface area contributed by atoms with E-state index in [-0.39, 0.29) is 46.5 Å². The maximum absolute atomic E-state index is 9.06. The van der Waals surface area contributed by atoms with Gasteiger partial charge in [0.2, 0.25) is 0 Å². The molecule has 7 aromatic rings. The van der Waals surface area contributed by atoms with Crippen molar-refractivity contribution in [3.63, 3.8) is 0 Å². The molecule has 0 fully saturated rings. The molecule has 0 aliphatic carbocycles. The van der Waals surface area contributed by atoms with Crippen LogP contribution in [0.3, 0.4) is 0 Å². The lowest BCUT2D eigenvalue weighted by Gasteiger charge is -2.19. The van der Waals surface area contributed by atoms with Crippen molar-refractivity contribution in [1.82, 2.24) is 0 Å². The fourth-order valence-electron chi connectivity index (χ4n) is 5.13. The van der Waals surface area contributed by atoms with Crippen LogP contribution in [0.15, 0.2) is 133 Å². The number of benzene rings is 7. The van der Waals surface area contributed by atoms with E-state index < -0.39 is 12.1 Å². The summed E-state index contributed by atoms with van der Waals surface area (Å²) in [5.74, 6) is 0. The highest BCUT2D eigenvalue weighted by molar-refractivity contribution is 6.25. The second-order valence-electron chi connectivity index (χ2n) is 8.37. The van der Waals surface area contributed by atoms with E-state index in [0.29, 0.717) is 5.56 Å². The summed E-state index contributed by atoms with van der Waals surface area (Å²) in [6.45, 7) is 0. The molecule has 0 aliphatic rings. The Balaban J connectivity index is 1.76. The van der Waals surface area contributed by atoms with Crippen LogP contribution in [0.25, 0.3) is 65.3 Å². The molecule has 0 saturated heterocycles. The van der Waals surface area contributed by atoms with E-state index in [1.54, 1.807) is 0 Å². The molecule has 0 N–H and O–H groups in total. The van der Waals surface area contributed by atoms with E-state index in [0.717, 1.165) is 43.4 Å². The molecule has 0 bridgehead atoms.